The molecule has 3 aromatic carbocycles. The van der Waals surface area contributed by atoms with Gasteiger partial charge < -0.3 is 10.1 Å². The Balaban J connectivity index is 1.68. The second-order valence-corrected chi connectivity index (χ2v) is 7.33. The van der Waals surface area contributed by atoms with Crippen molar-refractivity contribution in [2.24, 2.45) is 0 Å². The van der Waals surface area contributed by atoms with Crippen LogP contribution in [0, 0.1) is 6.92 Å². The van der Waals surface area contributed by atoms with Gasteiger partial charge in [-0.2, -0.15) is 0 Å². The van der Waals surface area contributed by atoms with Crippen molar-refractivity contribution >= 4 is 5.91 Å². The number of hydrogen-bond acceptors (Lipinski definition) is 2. The van der Waals surface area contributed by atoms with Crippen molar-refractivity contribution < 1.29 is 9.53 Å². The van der Waals surface area contributed by atoms with Crippen molar-refractivity contribution in [3.63, 3.8) is 0 Å². The molecular formula is C25H27NO2. The highest BCUT2D eigenvalue weighted by atomic mass is 16.5. The summed E-state index contributed by atoms with van der Waals surface area (Å²) in [5.74, 6) is 1.02. The van der Waals surface area contributed by atoms with E-state index in [0.717, 1.165) is 11.1 Å². The molecule has 0 saturated heterocycles. The minimum Gasteiger partial charge on any atom is -0.484 e. The van der Waals surface area contributed by atoms with E-state index in [0.29, 0.717) is 11.7 Å². The first-order valence-electron chi connectivity index (χ1n) is 9.66. The standard InChI is InChI=1S/C25H27NO2/c1-18(2)20-13-15-23(16-14-20)28-17-24(27)26-25(21-7-5-4-6-8-21)22-11-9-19(3)10-12-22/h4-16,18,25H,17H2,1-3H3,(H,26,27)/t25-/m0/s1. The molecule has 0 spiro atoms. The second-order valence-electron chi connectivity index (χ2n) is 7.33. The molecule has 0 aliphatic rings. The molecule has 0 unspecified atom stereocenters. The third-order valence-corrected chi connectivity index (χ3v) is 4.77. The van der Waals surface area contributed by atoms with Crippen LogP contribution in [0.1, 0.15) is 48.1 Å². The van der Waals surface area contributed by atoms with E-state index in [-0.39, 0.29) is 18.6 Å². The highest BCUT2D eigenvalue weighted by molar-refractivity contribution is 5.78. The van der Waals surface area contributed by atoms with Crippen LogP contribution in [0.2, 0.25) is 0 Å². The zero-order valence-electron chi connectivity index (χ0n) is 16.7. The Kier molecular flexibility index (Phi) is 6.49. The summed E-state index contributed by atoms with van der Waals surface area (Å²) in [6.07, 6.45) is 0. The molecule has 0 fully saturated rings. The maximum atomic E-state index is 12.6. The average Bonchev–Trinajstić information content (AvgIpc) is 2.72. The minimum atomic E-state index is -0.207. The van der Waals surface area contributed by atoms with E-state index < -0.39 is 0 Å². The molecule has 0 saturated carbocycles. The molecule has 0 aromatic heterocycles. The highest BCUT2D eigenvalue weighted by Gasteiger charge is 2.17. The van der Waals surface area contributed by atoms with Gasteiger partial charge in [0.1, 0.15) is 5.75 Å². The van der Waals surface area contributed by atoms with E-state index in [2.05, 4.69) is 50.4 Å². The Labute approximate surface area is 167 Å². The lowest BCUT2D eigenvalue weighted by molar-refractivity contribution is -0.123. The lowest BCUT2D eigenvalue weighted by Crippen LogP contribution is -2.33. The Morgan fingerprint density at radius 2 is 1.39 bits per heavy atom. The topological polar surface area (TPSA) is 38.3 Å². The van der Waals surface area contributed by atoms with Crippen molar-refractivity contribution in [2.75, 3.05) is 6.61 Å². The van der Waals surface area contributed by atoms with Gasteiger partial charge in [0.2, 0.25) is 0 Å². The Bertz CT molecular complexity index is 884. The third-order valence-electron chi connectivity index (χ3n) is 4.77. The van der Waals surface area contributed by atoms with E-state index >= 15 is 0 Å². The van der Waals surface area contributed by atoms with Crippen LogP contribution >= 0.6 is 0 Å². The first-order chi connectivity index (χ1) is 13.5. The van der Waals surface area contributed by atoms with Gasteiger partial charge in [-0.1, -0.05) is 86.1 Å². The predicted octanol–water partition coefficient (Wildman–Crippen LogP) is 5.40. The predicted molar refractivity (Wildman–Crippen MR) is 114 cm³/mol. The lowest BCUT2D eigenvalue weighted by Gasteiger charge is -2.20. The van der Waals surface area contributed by atoms with Crippen LogP contribution in [0.4, 0.5) is 0 Å². The van der Waals surface area contributed by atoms with Crippen molar-refractivity contribution in [2.45, 2.75) is 32.7 Å². The fourth-order valence-corrected chi connectivity index (χ4v) is 3.06. The van der Waals surface area contributed by atoms with Gasteiger partial charge in [0.25, 0.3) is 5.91 Å². The zero-order valence-corrected chi connectivity index (χ0v) is 16.7. The van der Waals surface area contributed by atoms with E-state index in [9.17, 15) is 4.79 Å². The maximum Gasteiger partial charge on any atom is 0.258 e. The molecule has 0 aliphatic heterocycles. The fraction of sp³-hybridized carbons (Fsp3) is 0.240. The van der Waals surface area contributed by atoms with Gasteiger partial charge in [0.15, 0.2) is 6.61 Å². The van der Waals surface area contributed by atoms with E-state index in [1.807, 2.05) is 54.6 Å². The summed E-state index contributed by atoms with van der Waals surface area (Å²) >= 11 is 0. The molecule has 0 heterocycles. The van der Waals surface area contributed by atoms with Gasteiger partial charge in [-0.3, -0.25) is 4.79 Å². The molecule has 28 heavy (non-hydrogen) atoms. The van der Waals surface area contributed by atoms with Crippen molar-refractivity contribution in [3.05, 3.63) is 101 Å². The number of rotatable bonds is 7. The molecule has 0 aliphatic carbocycles. The first-order valence-corrected chi connectivity index (χ1v) is 9.66. The average molecular weight is 373 g/mol. The van der Waals surface area contributed by atoms with Crippen LogP contribution in [0.5, 0.6) is 5.75 Å². The van der Waals surface area contributed by atoms with Crippen LogP contribution in [-0.4, -0.2) is 12.5 Å². The molecular weight excluding hydrogens is 346 g/mol. The number of benzene rings is 3. The van der Waals surface area contributed by atoms with Gasteiger partial charge >= 0.3 is 0 Å². The number of carbonyl (C=O) groups excluding carboxylic acids is 1. The zero-order chi connectivity index (χ0) is 19.9. The molecule has 0 bridgehead atoms. The van der Waals surface area contributed by atoms with Gasteiger partial charge in [-0.05, 0) is 41.7 Å². The molecule has 3 nitrogen and oxygen atoms in total. The normalized spacial score (nSPS) is 11.9. The summed E-state index contributed by atoms with van der Waals surface area (Å²) in [6.45, 7) is 6.34. The molecule has 3 rings (SSSR count). The van der Waals surface area contributed by atoms with Crippen molar-refractivity contribution in [1.29, 1.82) is 0 Å². The van der Waals surface area contributed by atoms with Crippen LogP contribution in [0.3, 0.4) is 0 Å². The number of amides is 1. The number of nitrogens with one attached hydrogen (secondary N) is 1. The summed E-state index contributed by atoms with van der Waals surface area (Å²) < 4.78 is 5.68. The maximum absolute atomic E-state index is 12.6. The SMILES string of the molecule is Cc1ccc([C@@H](NC(=O)COc2ccc(C(C)C)cc2)c2ccccc2)cc1. The molecule has 144 valence electrons. The molecule has 0 radical (unpaired) electrons. The van der Waals surface area contributed by atoms with Gasteiger partial charge in [-0.15, -0.1) is 0 Å². The molecule has 1 atom stereocenters. The number of aryl methyl sites for hydroxylation is 1. The quantitative estimate of drug-likeness (QED) is 0.602. The summed E-state index contributed by atoms with van der Waals surface area (Å²) in [6, 6.07) is 25.9. The molecule has 1 N–H and O–H groups in total. The van der Waals surface area contributed by atoms with E-state index in [4.69, 9.17) is 4.74 Å². The number of carbonyl (C=O) groups is 1. The van der Waals surface area contributed by atoms with Gasteiger partial charge in [0, 0.05) is 0 Å². The largest absolute Gasteiger partial charge is 0.484 e. The Morgan fingerprint density at radius 3 is 2.00 bits per heavy atom. The highest BCUT2D eigenvalue weighted by Crippen LogP contribution is 2.23. The van der Waals surface area contributed by atoms with Crippen LogP contribution < -0.4 is 10.1 Å². The van der Waals surface area contributed by atoms with E-state index in [1.165, 1.54) is 11.1 Å². The second kappa shape index (κ2) is 9.23. The summed E-state index contributed by atoms with van der Waals surface area (Å²) in [4.78, 5) is 12.6. The number of ether oxygens (including phenoxy) is 1. The first kappa shape index (κ1) is 19.7. The molecule has 3 heteroatoms. The van der Waals surface area contributed by atoms with Crippen molar-refractivity contribution in [3.8, 4) is 5.75 Å². The Morgan fingerprint density at radius 1 is 0.821 bits per heavy atom. The number of hydrogen-bond donors (Lipinski definition) is 1. The van der Waals surface area contributed by atoms with Gasteiger partial charge in [0.05, 0.1) is 6.04 Å². The summed E-state index contributed by atoms with van der Waals surface area (Å²) in [5.41, 5.74) is 4.53. The van der Waals surface area contributed by atoms with Gasteiger partial charge in [-0.25, -0.2) is 0 Å². The van der Waals surface area contributed by atoms with Crippen LogP contribution in [0.15, 0.2) is 78.9 Å². The molecule has 3 aromatic rings. The lowest BCUT2D eigenvalue weighted by atomic mass is 9.98. The molecule has 1 amide bonds. The van der Waals surface area contributed by atoms with Crippen molar-refractivity contribution in [1.82, 2.24) is 5.32 Å². The third kappa shape index (κ3) is 5.23. The smallest absolute Gasteiger partial charge is 0.258 e. The Hall–Kier alpha value is -3.07. The summed E-state index contributed by atoms with van der Waals surface area (Å²) in [7, 11) is 0. The van der Waals surface area contributed by atoms with Crippen LogP contribution in [-0.2, 0) is 4.79 Å². The van der Waals surface area contributed by atoms with E-state index in [1.54, 1.807) is 0 Å². The fourth-order valence-electron chi connectivity index (χ4n) is 3.06. The summed E-state index contributed by atoms with van der Waals surface area (Å²) in [5, 5.41) is 3.10. The minimum absolute atomic E-state index is 0.0176. The monoisotopic (exact) mass is 373 g/mol. The van der Waals surface area contributed by atoms with Crippen LogP contribution in [0.25, 0.3) is 0 Å².